The average molecular weight is 271 g/mol. The van der Waals surface area contributed by atoms with Crippen LogP contribution >= 0.6 is 0 Å². The van der Waals surface area contributed by atoms with E-state index in [9.17, 15) is 4.39 Å². The minimum Gasteiger partial charge on any atom is -0.347 e. The van der Waals surface area contributed by atoms with Gasteiger partial charge in [0.05, 0.1) is 34.8 Å². The predicted octanol–water partition coefficient (Wildman–Crippen LogP) is 1.82. The summed E-state index contributed by atoms with van der Waals surface area (Å²) < 4.78 is 15.3. The fourth-order valence-corrected chi connectivity index (χ4v) is 2.85. The summed E-state index contributed by atoms with van der Waals surface area (Å²) in [7, 11) is 1.96. The average Bonchev–Trinajstić information content (AvgIpc) is 3.02. The summed E-state index contributed by atoms with van der Waals surface area (Å²) in [5, 5.41) is 3.45. The van der Waals surface area contributed by atoms with Crippen molar-refractivity contribution in [2.45, 2.75) is 19.0 Å². The van der Waals surface area contributed by atoms with Crippen molar-refractivity contribution in [3.63, 3.8) is 0 Å². The zero-order chi connectivity index (χ0) is 13.7. The molecule has 1 aliphatic heterocycles. The molecule has 2 N–H and O–H groups in total. The molecule has 0 saturated heterocycles. The van der Waals surface area contributed by atoms with Crippen LogP contribution in [0.15, 0.2) is 24.5 Å². The van der Waals surface area contributed by atoms with Gasteiger partial charge in [-0.25, -0.2) is 14.4 Å². The molecule has 0 saturated carbocycles. The topological polar surface area (TPSA) is 58.5 Å². The van der Waals surface area contributed by atoms with Crippen molar-refractivity contribution in [2.24, 2.45) is 7.05 Å². The van der Waals surface area contributed by atoms with Crippen molar-refractivity contribution >= 4 is 11.0 Å². The smallest absolute Gasteiger partial charge is 0.127 e. The van der Waals surface area contributed by atoms with Crippen LogP contribution in [-0.2, 0) is 20.0 Å². The van der Waals surface area contributed by atoms with E-state index in [0.29, 0.717) is 5.52 Å². The standard InChI is InChI=1S/C14H14FN5/c1-20-13-3-2-8(15)4-10(13)19-14(20)11-5-9-12(6-16-11)18-7-17-9/h2-4,7,11,16H,5-6H2,1H3,(H,17,18). The van der Waals surface area contributed by atoms with Crippen molar-refractivity contribution in [2.75, 3.05) is 0 Å². The maximum atomic E-state index is 13.3. The number of nitrogens with zero attached hydrogens (tertiary/aromatic N) is 3. The number of hydrogen-bond donors (Lipinski definition) is 2. The number of benzene rings is 1. The maximum Gasteiger partial charge on any atom is 0.127 e. The molecule has 0 amide bonds. The first kappa shape index (κ1) is 11.6. The summed E-state index contributed by atoms with van der Waals surface area (Å²) in [5.74, 6) is 0.660. The Bertz CT molecular complexity index is 788. The van der Waals surface area contributed by atoms with E-state index >= 15 is 0 Å². The summed E-state index contributed by atoms with van der Waals surface area (Å²) in [5.41, 5.74) is 3.84. The van der Waals surface area contributed by atoms with Crippen molar-refractivity contribution in [3.8, 4) is 0 Å². The molecular formula is C14H14FN5. The summed E-state index contributed by atoms with van der Waals surface area (Å²) >= 11 is 0. The Morgan fingerprint density at radius 3 is 3.20 bits per heavy atom. The Hall–Kier alpha value is -2.21. The summed E-state index contributed by atoms with van der Waals surface area (Å²) in [6.07, 6.45) is 2.51. The highest BCUT2D eigenvalue weighted by Gasteiger charge is 2.25. The fourth-order valence-electron chi connectivity index (χ4n) is 2.85. The van der Waals surface area contributed by atoms with Crippen molar-refractivity contribution in [3.05, 3.63) is 47.6 Å². The number of hydrogen-bond acceptors (Lipinski definition) is 3. The first-order chi connectivity index (χ1) is 9.72. The Kier molecular flexibility index (Phi) is 2.40. The number of imidazole rings is 2. The first-order valence-corrected chi connectivity index (χ1v) is 6.59. The van der Waals surface area contributed by atoms with E-state index in [4.69, 9.17) is 0 Å². The molecule has 3 heterocycles. The van der Waals surface area contributed by atoms with E-state index in [1.165, 1.54) is 12.1 Å². The normalized spacial score (nSPS) is 18.4. The summed E-state index contributed by atoms with van der Waals surface area (Å²) in [6, 6.07) is 4.81. The van der Waals surface area contributed by atoms with Crippen LogP contribution in [-0.4, -0.2) is 19.5 Å². The molecule has 3 aromatic rings. The van der Waals surface area contributed by atoms with Crippen molar-refractivity contribution in [1.82, 2.24) is 24.8 Å². The summed E-state index contributed by atoms with van der Waals surface area (Å²) in [6.45, 7) is 0.748. The van der Waals surface area contributed by atoms with Gasteiger partial charge in [-0.1, -0.05) is 0 Å². The molecule has 5 nitrogen and oxygen atoms in total. The molecule has 0 radical (unpaired) electrons. The van der Waals surface area contributed by atoms with Crippen LogP contribution < -0.4 is 5.32 Å². The van der Waals surface area contributed by atoms with Gasteiger partial charge in [-0.05, 0) is 12.1 Å². The molecule has 1 unspecified atom stereocenters. The minimum absolute atomic E-state index is 0.103. The van der Waals surface area contributed by atoms with Crippen LogP contribution in [0.25, 0.3) is 11.0 Å². The number of aryl methyl sites for hydroxylation is 1. The van der Waals surface area contributed by atoms with Crippen LogP contribution in [0.5, 0.6) is 0 Å². The van der Waals surface area contributed by atoms with Gasteiger partial charge in [0.2, 0.25) is 0 Å². The van der Waals surface area contributed by atoms with Crippen LogP contribution in [0.2, 0.25) is 0 Å². The van der Waals surface area contributed by atoms with Crippen LogP contribution in [0.4, 0.5) is 4.39 Å². The van der Waals surface area contributed by atoms with Gasteiger partial charge in [-0.3, -0.25) is 0 Å². The lowest BCUT2D eigenvalue weighted by molar-refractivity contribution is 0.459. The van der Waals surface area contributed by atoms with E-state index in [1.807, 2.05) is 11.6 Å². The number of rotatable bonds is 1. The molecule has 20 heavy (non-hydrogen) atoms. The van der Waals surface area contributed by atoms with Crippen LogP contribution in [0, 0.1) is 5.82 Å². The second-order valence-electron chi connectivity index (χ2n) is 5.13. The van der Waals surface area contributed by atoms with E-state index in [-0.39, 0.29) is 11.9 Å². The van der Waals surface area contributed by atoms with E-state index in [0.717, 1.165) is 35.7 Å². The molecule has 0 fully saturated rings. The summed E-state index contributed by atoms with van der Waals surface area (Å²) in [4.78, 5) is 12.0. The highest BCUT2D eigenvalue weighted by molar-refractivity contribution is 5.76. The molecule has 6 heteroatoms. The Morgan fingerprint density at radius 1 is 1.40 bits per heavy atom. The number of H-pyrrole nitrogens is 1. The highest BCUT2D eigenvalue weighted by atomic mass is 19.1. The lowest BCUT2D eigenvalue weighted by Crippen LogP contribution is -2.30. The third kappa shape index (κ3) is 1.65. The monoisotopic (exact) mass is 271 g/mol. The molecule has 0 bridgehead atoms. The van der Waals surface area contributed by atoms with Gasteiger partial charge in [-0.15, -0.1) is 0 Å². The van der Waals surface area contributed by atoms with Gasteiger partial charge in [0.15, 0.2) is 0 Å². The minimum atomic E-state index is -0.256. The van der Waals surface area contributed by atoms with Crippen LogP contribution in [0.3, 0.4) is 0 Å². The van der Waals surface area contributed by atoms with Crippen LogP contribution in [0.1, 0.15) is 23.3 Å². The van der Waals surface area contributed by atoms with Gasteiger partial charge in [0.1, 0.15) is 11.6 Å². The molecular weight excluding hydrogens is 257 g/mol. The molecule has 1 aromatic carbocycles. The van der Waals surface area contributed by atoms with Gasteiger partial charge < -0.3 is 14.9 Å². The lowest BCUT2D eigenvalue weighted by Gasteiger charge is -2.22. The lowest BCUT2D eigenvalue weighted by atomic mass is 10.1. The first-order valence-electron chi connectivity index (χ1n) is 6.59. The molecule has 2 aromatic heterocycles. The third-order valence-electron chi connectivity index (χ3n) is 3.92. The quantitative estimate of drug-likeness (QED) is 0.710. The van der Waals surface area contributed by atoms with E-state index in [1.54, 1.807) is 12.4 Å². The molecule has 4 rings (SSSR count). The highest BCUT2D eigenvalue weighted by Crippen LogP contribution is 2.26. The van der Waals surface area contributed by atoms with Crippen molar-refractivity contribution < 1.29 is 4.39 Å². The van der Waals surface area contributed by atoms with Gasteiger partial charge >= 0.3 is 0 Å². The third-order valence-corrected chi connectivity index (χ3v) is 3.92. The SMILES string of the molecule is Cn1c(C2Cc3nc[nH]c3CN2)nc2cc(F)ccc21. The molecule has 0 spiro atoms. The number of fused-ring (bicyclic) bond motifs is 2. The fraction of sp³-hybridized carbons (Fsp3) is 0.286. The van der Waals surface area contributed by atoms with Crippen molar-refractivity contribution in [1.29, 1.82) is 0 Å². The Balaban J connectivity index is 1.78. The second kappa shape index (κ2) is 4.14. The van der Waals surface area contributed by atoms with Gasteiger partial charge in [-0.2, -0.15) is 0 Å². The van der Waals surface area contributed by atoms with Gasteiger partial charge in [0.25, 0.3) is 0 Å². The Labute approximate surface area is 114 Å². The molecule has 1 atom stereocenters. The molecule has 1 aliphatic rings. The zero-order valence-corrected chi connectivity index (χ0v) is 11.0. The second-order valence-corrected chi connectivity index (χ2v) is 5.13. The van der Waals surface area contributed by atoms with Gasteiger partial charge in [0, 0.05) is 26.1 Å². The maximum absolute atomic E-state index is 13.3. The number of aromatic amines is 1. The zero-order valence-electron chi connectivity index (χ0n) is 11.0. The molecule has 0 aliphatic carbocycles. The number of halogens is 1. The Morgan fingerprint density at radius 2 is 2.30 bits per heavy atom. The van der Waals surface area contributed by atoms with E-state index < -0.39 is 0 Å². The van der Waals surface area contributed by atoms with E-state index in [2.05, 4.69) is 20.3 Å². The predicted molar refractivity (Wildman–Crippen MR) is 72.5 cm³/mol. The molecule has 102 valence electrons. The number of nitrogens with one attached hydrogen (secondary N) is 2. The number of aromatic nitrogens is 4. The largest absolute Gasteiger partial charge is 0.347 e.